The molecule has 0 bridgehead atoms. The number of aliphatic carboxylic acids is 1. The fourth-order valence-electron chi connectivity index (χ4n) is 3.40. The number of aliphatic hydroxyl groups is 1. The Hall–Kier alpha value is -2.71. The summed E-state index contributed by atoms with van der Waals surface area (Å²) in [7, 11) is 0. The minimum atomic E-state index is -1.32. The molecule has 0 aliphatic carbocycles. The summed E-state index contributed by atoms with van der Waals surface area (Å²) in [5.41, 5.74) is 1.57. The van der Waals surface area contributed by atoms with Crippen molar-refractivity contribution >= 4 is 28.7 Å². The number of nitrogens with one attached hydrogen (secondary N) is 2. The molecule has 1 aliphatic rings. The van der Waals surface area contributed by atoms with Crippen molar-refractivity contribution in [3.63, 3.8) is 0 Å². The van der Waals surface area contributed by atoms with Crippen molar-refractivity contribution in [2.45, 2.75) is 38.0 Å². The van der Waals surface area contributed by atoms with Crippen LogP contribution in [0.15, 0.2) is 30.5 Å². The molecule has 1 aromatic heterocycles. The van der Waals surface area contributed by atoms with E-state index < -0.39 is 36.0 Å². The number of aromatic nitrogens is 1. The van der Waals surface area contributed by atoms with Gasteiger partial charge in [0.2, 0.25) is 11.8 Å². The number of H-pyrrole nitrogens is 1. The largest absolute Gasteiger partial charge is 0.480 e. The fourth-order valence-corrected chi connectivity index (χ4v) is 3.40. The lowest BCUT2D eigenvalue weighted by Gasteiger charge is -2.28. The molecule has 2 amide bonds. The molecule has 2 heterocycles. The Bertz CT molecular complexity index is 846. The molecular formula is C18H21N3O5. The quantitative estimate of drug-likeness (QED) is 0.607. The first-order valence-electron chi connectivity index (χ1n) is 8.41. The van der Waals surface area contributed by atoms with Crippen molar-refractivity contribution in [1.82, 2.24) is 15.2 Å². The van der Waals surface area contributed by atoms with Crippen LogP contribution in [-0.2, 0) is 20.8 Å². The number of rotatable bonds is 5. The Morgan fingerprint density at radius 3 is 2.65 bits per heavy atom. The van der Waals surface area contributed by atoms with Crippen LogP contribution in [0.25, 0.3) is 10.9 Å². The van der Waals surface area contributed by atoms with Gasteiger partial charge in [-0.3, -0.25) is 14.5 Å². The number of aliphatic hydroxyl groups excluding tert-OH is 1. The van der Waals surface area contributed by atoms with E-state index in [0.717, 1.165) is 15.8 Å². The van der Waals surface area contributed by atoms with Crippen molar-refractivity contribution < 1.29 is 24.6 Å². The van der Waals surface area contributed by atoms with E-state index in [1.165, 1.54) is 6.92 Å². The monoisotopic (exact) mass is 359 g/mol. The summed E-state index contributed by atoms with van der Waals surface area (Å²) < 4.78 is 0. The molecule has 138 valence electrons. The number of carbonyl (C=O) groups excluding carboxylic acids is 2. The Morgan fingerprint density at radius 2 is 2.04 bits per heavy atom. The van der Waals surface area contributed by atoms with Gasteiger partial charge in [-0.15, -0.1) is 0 Å². The van der Waals surface area contributed by atoms with Gasteiger partial charge in [-0.25, -0.2) is 4.79 Å². The zero-order valence-electron chi connectivity index (χ0n) is 14.3. The maximum atomic E-state index is 12.7. The highest BCUT2D eigenvalue weighted by molar-refractivity contribution is 6.01. The van der Waals surface area contributed by atoms with Gasteiger partial charge in [0.05, 0.1) is 12.1 Å². The topological polar surface area (TPSA) is 123 Å². The number of carboxylic acids is 1. The number of fused-ring (bicyclic) bond motifs is 1. The van der Waals surface area contributed by atoms with E-state index in [4.69, 9.17) is 0 Å². The van der Waals surface area contributed by atoms with Crippen molar-refractivity contribution in [3.8, 4) is 0 Å². The summed E-state index contributed by atoms with van der Waals surface area (Å²) in [4.78, 5) is 40.6. The highest BCUT2D eigenvalue weighted by atomic mass is 16.4. The van der Waals surface area contributed by atoms with Crippen LogP contribution in [0, 0.1) is 0 Å². The fraction of sp³-hybridized carbons (Fsp3) is 0.389. The maximum absolute atomic E-state index is 12.7. The van der Waals surface area contributed by atoms with Crippen LogP contribution < -0.4 is 5.32 Å². The summed E-state index contributed by atoms with van der Waals surface area (Å²) in [5.74, 6) is -2.51. The molecule has 26 heavy (non-hydrogen) atoms. The van der Waals surface area contributed by atoms with Gasteiger partial charge in [0.25, 0.3) is 0 Å². The number of imide groups is 1. The lowest BCUT2D eigenvalue weighted by molar-refractivity contribution is -0.158. The zero-order valence-corrected chi connectivity index (χ0v) is 14.3. The first-order valence-corrected chi connectivity index (χ1v) is 8.41. The standard InChI is InChI=1S/C18H21N3O5/c1-10(22)21(17(24)15-7-12(23)9-20-15)16(18(25)26)6-11-8-19-14-5-3-2-4-13(11)14/h2-5,8,12,15-16,19-20,23H,6-7,9H2,1H3,(H,25,26). The molecule has 1 fully saturated rings. The second kappa shape index (κ2) is 7.27. The van der Waals surface area contributed by atoms with E-state index in [9.17, 15) is 24.6 Å². The first-order chi connectivity index (χ1) is 12.4. The van der Waals surface area contributed by atoms with E-state index in [2.05, 4.69) is 10.3 Å². The Balaban J connectivity index is 1.90. The molecular weight excluding hydrogens is 338 g/mol. The molecule has 4 N–H and O–H groups in total. The van der Waals surface area contributed by atoms with Crippen molar-refractivity contribution in [2.24, 2.45) is 0 Å². The number of benzene rings is 1. The van der Waals surface area contributed by atoms with Gasteiger partial charge < -0.3 is 20.5 Å². The van der Waals surface area contributed by atoms with Crippen molar-refractivity contribution in [3.05, 3.63) is 36.0 Å². The van der Waals surface area contributed by atoms with Crippen molar-refractivity contribution in [2.75, 3.05) is 6.54 Å². The average Bonchev–Trinajstić information content (AvgIpc) is 3.20. The summed E-state index contributed by atoms with van der Waals surface area (Å²) in [6.07, 6.45) is 1.16. The highest BCUT2D eigenvalue weighted by Gasteiger charge is 2.39. The van der Waals surface area contributed by atoms with Crippen LogP contribution >= 0.6 is 0 Å². The number of hydrogen-bond acceptors (Lipinski definition) is 5. The van der Waals surface area contributed by atoms with Gasteiger partial charge in [-0.1, -0.05) is 18.2 Å². The molecule has 8 nitrogen and oxygen atoms in total. The lowest BCUT2D eigenvalue weighted by atomic mass is 10.0. The number of para-hydroxylation sites is 1. The number of aromatic amines is 1. The number of carbonyl (C=O) groups is 3. The van der Waals surface area contributed by atoms with Crippen molar-refractivity contribution in [1.29, 1.82) is 0 Å². The minimum absolute atomic E-state index is 0.0000593. The van der Waals surface area contributed by atoms with Crippen LogP contribution in [0.2, 0.25) is 0 Å². The third-order valence-electron chi connectivity index (χ3n) is 4.67. The van der Waals surface area contributed by atoms with Crippen LogP contribution in [0.5, 0.6) is 0 Å². The van der Waals surface area contributed by atoms with E-state index in [1.54, 1.807) is 6.20 Å². The summed E-state index contributed by atoms with van der Waals surface area (Å²) in [6, 6.07) is 5.34. The number of hydrogen-bond donors (Lipinski definition) is 4. The first kappa shape index (κ1) is 18.1. The van der Waals surface area contributed by atoms with Crippen LogP contribution in [0.4, 0.5) is 0 Å². The van der Waals surface area contributed by atoms with Gasteiger partial charge in [-0.05, 0) is 18.1 Å². The molecule has 2 aromatic rings. The Morgan fingerprint density at radius 1 is 1.31 bits per heavy atom. The second-order valence-electron chi connectivity index (χ2n) is 6.50. The van der Waals surface area contributed by atoms with Gasteiger partial charge in [-0.2, -0.15) is 0 Å². The second-order valence-corrected chi connectivity index (χ2v) is 6.50. The van der Waals surface area contributed by atoms with Gasteiger partial charge in [0.15, 0.2) is 0 Å². The number of carboxylic acid groups (broad SMARTS) is 1. The highest BCUT2D eigenvalue weighted by Crippen LogP contribution is 2.22. The molecule has 3 unspecified atom stereocenters. The number of β-amino-alcohol motifs (C(OH)–C–C–N with tert-alkyl or cyclic N) is 1. The van der Waals surface area contributed by atoms with Crippen LogP contribution in [0.1, 0.15) is 18.9 Å². The van der Waals surface area contributed by atoms with E-state index in [0.29, 0.717) is 5.56 Å². The molecule has 1 saturated heterocycles. The van der Waals surface area contributed by atoms with E-state index in [1.807, 2.05) is 24.3 Å². The molecule has 3 atom stereocenters. The summed E-state index contributed by atoms with van der Waals surface area (Å²) in [6.45, 7) is 1.41. The Kier molecular flexibility index (Phi) is 5.06. The predicted molar refractivity (Wildman–Crippen MR) is 93.4 cm³/mol. The third-order valence-corrected chi connectivity index (χ3v) is 4.67. The molecule has 1 aliphatic heterocycles. The Labute approximate surface area is 149 Å². The minimum Gasteiger partial charge on any atom is -0.480 e. The molecule has 1 aromatic carbocycles. The van der Waals surface area contributed by atoms with E-state index in [-0.39, 0.29) is 19.4 Å². The van der Waals surface area contributed by atoms with Gasteiger partial charge in [0, 0.05) is 37.0 Å². The molecule has 0 saturated carbocycles. The van der Waals surface area contributed by atoms with Crippen LogP contribution in [0.3, 0.4) is 0 Å². The smallest absolute Gasteiger partial charge is 0.327 e. The maximum Gasteiger partial charge on any atom is 0.327 e. The lowest BCUT2D eigenvalue weighted by Crippen LogP contribution is -2.54. The summed E-state index contributed by atoms with van der Waals surface area (Å²) in [5, 5.41) is 23.0. The number of amides is 2. The van der Waals surface area contributed by atoms with Gasteiger partial charge >= 0.3 is 5.97 Å². The van der Waals surface area contributed by atoms with Gasteiger partial charge in [0.1, 0.15) is 6.04 Å². The SMILES string of the molecule is CC(=O)N(C(=O)C1CC(O)CN1)C(Cc1c[nH]c2ccccc12)C(=O)O. The summed E-state index contributed by atoms with van der Waals surface area (Å²) >= 11 is 0. The average molecular weight is 359 g/mol. The third kappa shape index (κ3) is 3.47. The van der Waals surface area contributed by atoms with E-state index >= 15 is 0 Å². The molecule has 0 radical (unpaired) electrons. The normalized spacial score (nSPS) is 20.8. The molecule has 0 spiro atoms. The number of nitrogens with zero attached hydrogens (tertiary/aromatic N) is 1. The van der Waals surface area contributed by atoms with Crippen LogP contribution in [-0.4, -0.2) is 62.6 Å². The zero-order chi connectivity index (χ0) is 18.8. The molecule has 8 heteroatoms. The predicted octanol–water partition coefficient (Wildman–Crippen LogP) is 0.262. The molecule has 3 rings (SSSR count).